The van der Waals surface area contributed by atoms with Gasteiger partial charge in [0.1, 0.15) is 18.5 Å². The third kappa shape index (κ3) is 5.00. The van der Waals surface area contributed by atoms with E-state index in [-0.39, 0.29) is 11.4 Å². The van der Waals surface area contributed by atoms with E-state index >= 15 is 0 Å². The van der Waals surface area contributed by atoms with Gasteiger partial charge in [0.05, 0.1) is 22.5 Å². The highest BCUT2D eigenvalue weighted by Gasteiger charge is 2.31. The van der Waals surface area contributed by atoms with Crippen LogP contribution in [0.4, 0.5) is 23.2 Å². The number of alkyl halides is 3. The lowest BCUT2D eigenvalue weighted by atomic mass is 10.1. The molecule has 0 aliphatic carbocycles. The van der Waals surface area contributed by atoms with Crippen molar-refractivity contribution in [3.8, 4) is 5.69 Å². The van der Waals surface area contributed by atoms with Crippen molar-refractivity contribution >= 4 is 33.5 Å². The number of hydrogen-bond acceptors (Lipinski definition) is 5. The quantitative estimate of drug-likeness (QED) is 0.435. The van der Waals surface area contributed by atoms with Crippen molar-refractivity contribution in [2.75, 3.05) is 11.9 Å². The smallest absolute Gasteiger partial charge is 0.416 e. The molecule has 0 fully saturated rings. The number of anilines is 1. The summed E-state index contributed by atoms with van der Waals surface area (Å²) in [6.45, 7) is -0.846. The zero-order valence-corrected chi connectivity index (χ0v) is 16.4. The number of halogens is 5. The summed E-state index contributed by atoms with van der Waals surface area (Å²) in [6, 6.07) is 6.26. The maximum Gasteiger partial charge on any atom is 0.416 e. The summed E-state index contributed by atoms with van der Waals surface area (Å²) < 4.78 is 59.2. The first-order valence-corrected chi connectivity index (χ1v) is 8.92. The molecule has 1 N–H and O–H groups in total. The summed E-state index contributed by atoms with van der Waals surface area (Å²) in [5.41, 5.74) is -1.52. The van der Waals surface area contributed by atoms with Gasteiger partial charge in [-0.15, -0.1) is 0 Å². The molecule has 3 aromatic rings. The van der Waals surface area contributed by atoms with E-state index in [2.05, 4.69) is 31.3 Å². The van der Waals surface area contributed by atoms with Crippen molar-refractivity contribution < 1.29 is 31.9 Å². The van der Waals surface area contributed by atoms with E-state index in [0.29, 0.717) is 10.5 Å². The Labute approximate surface area is 174 Å². The van der Waals surface area contributed by atoms with Gasteiger partial charge in [-0.25, -0.2) is 18.9 Å². The van der Waals surface area contributed by atoms with Crippen LogP contribution in [0.5, 0.6) is 0 Å². The van der Waals surface area contributed by atoms with E-state index in [1.54, 1.807) is 0 Å². The van der Waals surface area contributed by atoms with Crippen molar-refractivity contribution in [1.82, 2.24) is 14.8 Å². The van der Waals surface area contributed by atoms with Crippen LogP contribution in [0.15, 0.2) is 53.5 Å². The van der Waals surface area contributed by atoms with Crippen LogP contribution in [0.25, 0.3) is 5.69 Å². The maximum atomic E-state index is 13.8. The third-order valence-corrected chi connectivity index (χ3v) is 4.24. The van der Waals surface area contributed by atoms with E-state index in [4.69, 9.17) is 4.74 Å². The molecule has 1 heterocycles. The predicted molar refractivity (Wildman–Crippen MR) is 99.4 cm³/mol. The average Bonchev–Trinajstić information content (AvgIpc) is 3.20. The van der Waals surface area contributed by atoms with Gasteiger partial charge in [0.2, 0.25) is 0 Å². The molecule has 0 saturated heterocycles. The molecule has 0 aliphatic rings. The van der Waals surface area contributed by atoms with Crippen LogP contribution in [0.2, 0.25) is 0 Å². The highest BCUT2D eigenvalue weighted by molar-refractivity contribution is 9.10. The number of aromatic nitrogens is 3. The number of nitrogens with one attached hydrogen (secondary N) is 1. The second-order valence-electron chi connectivity index (χ2n) is 5.82. The number of benzene rings is 2. The number of carbonyl (C=O) groups is 2. The Morgan fingerprint density at radius 3 is 2.57 bits per heavy atom. The first-order valence-electron chi connectivity index (χ1n) is 8.13. The van der Waals surface area contributed by atoms with E-state index in [1.807, 2.05) is 0 Å². The predicted octanol–water partition coefficient (Wildman–Crippen LogP) is 3.98. The normalized spacial score (nSPS) is 11.2. The largest absolute Gasteiger partial charge is 0.452 e. The lowest BCUT2D eigenvalue weighted by Crippen LogP contribution is -2.22. The number of amides is 1. The third-order valence-electron chi connectivity index (χ3n) is 3.75. The average molecular weight is 487 g/mol. The Balaban J connectivity index is 1.76. The molecule has 1 amide bonds. The van der Waals surface area contributed by atoms with Crippen molar-refractivity contribution in [2.45, 2.75) is 6.18 Å². The molecule has 156 valence electrons. The van der Waals surface area contributed by atoms with Crippen molar-refractivity contribution in [2.24, 2.45) is 0 Å². The lowest BCUT2D eigenvalue weighted by molar-refractivity contribution is -0.137. The van der Waals surface area contributed by atoms with Gasteiger partial charge in [-0.1, -0.05) is 15.9 Å². The first kappa shape index (κ1) is 21.4. The summed E-state index contributed by atoms with van der Waals surface area (Å²) >= 11 is 3.04. The standard InChI is InChI=1S/C18H11BrF4N4O3/c19-11-2-3-12(13(20)6-11)17(29)30-7-16(28)26-14-5-10(18(21,22)23)1-4-15(14)27-9-24-8-25-27/h1-6,8-9H,7H2,(H,26,28). The van der Waals surface area contributed by atoms with Crippen LogP contribution < -0.4 is 5.32 Å². The van der Waals surface area contributed by atoms with Crippen LogP contribution in [0, 0.1) is 5.82 Å². The molecule has 0 bridgehead atoms. The fraction of sp³-hybridized carbons (Fsp3) is 0.111. The number of esters is 1. The molecule has 0 unspecified atom stereocenters. The maximum absolute atomic E-state index is 13.8. The van der Waals surface area contributed by atoms with E-state index in [1.165, 1.54) is 12.4 Å². The van der Waals surface area contributed by atoms with Crippen LogP contribution in [-0.2, 0) is 15.7 Å². The molecule has 0 aliphatic heterocycles. The number of ether oxygens (including phenoxy) is 1. The molecular formula is C18H11BrF4N4O3. The highest BCUT2D eigenvalue weighted by atomic mass is 79.9. The van der Waals surface area contributed by atoms with Gasteiger partial charge in [0.25, 0.3) is 5.91 Å². The summed E-state index contributed by atoms with van der Waals surface area (Å²) in [7, 11) is 0. The zero-order chi connectivity index (χ0) is 21.9. The van der Waals surface area contributed by atoms with Crippen LogP contribution in [0.3, 0.4) is 0 Å². The SMILES string of the molecule is O=C(COC(=O)c1ccc(Br)cc1F)Nc1cc(C(F)(F)F)ccc1-n1cncn1. The Morgan fingerprint density at radius 2 is 1.93 bits per heavy atom. The molecule has 0 saturated carbocycles. The lowest BCUT2D eigenvalue weighted by Gasteiger charge is -2.14. The molecule has 30 heavy (non-hydrogen) atoms. The van der Waals surface area contributed by atoms with Gasteiger partial charge in [0.15, 0.2) is 6.61 Å². The van der Waals surface area contributed by atoms with Gasteiger partial charge >= 0.3 is 12.1 Å². The Bertz CT molecular complexity index is 1090. The van der Waals surface area contributed by atoms with Gasteiger partial charge in [0, 0.05) is 4.47 Å². The molecule has 12 heteroatoms. The summed E-state index contributed by atoms with van der Waals surface area (Å²) in [5.74, 6) is -2.89. The minimum Gasteiger partial charge on any atom is -0.452 e. The molecule has 3 rings (SSSR count). The monoisotopic (exact) mass is 486 g/mol. The topological polar surface area (TPSA) is 86.1 Å². The van der Waals surface area contributed by atoms with Gasteiger partial charge in [-0.3, -0.25) is 4.79 Å². The summed E-state index contributed by atoms with van der Waals surface area (Å²) in [5, 5.41) is 6.05. The highest BCUT2D eigenvalue weighted by Crippen LogP contribution is 2.33. The Kier molecular flexibility index (Phi) is 6.15. The van der Waals surface area contributed by atoms with E-state index < -0.39 is 41.6 Å². The Morgan fingerprint density at radius 1 is 1.17 bits per heavy atom. The number of rotatable bonds is 5. The fourth-order valence-corrected chi connectivity index (χ4v) is 2.73. The van der Waals surface area contributed by atoms with E-state index in [0.717, 1.165) is 35.3 Å². The minimum atomic E-state index is -4.65. The second-order valence-corrected chi connectivity index (χ2v) is 6.73. The van der Waals surface area contributed by atoms with Crippen molar-refractivity contribution in [3.05, 3.63) is 70.5 Å². The summed E-state index contributed by atoms with van der Waals surface area (Å²) in [6.07, 6.45) is -2.25. The summed E-state index contributed by atoms with van der Waals surface area (Å²) in [4.78, 5) is 27.8. The zero-order valence-electron chi connectivity index (χ0n) is 14.8. The Hall–Kier alpha value is -3.28. The van der Waals surface area contributed by atoms with Gasteiger partial charge in [-0.05, 0) is 36.4 Å². The van der Waals surface area contributed by atoms with Crippen LogP contribution in [0.1, 0.15) is 15.9 Å². The first-order chi connectivity index (χ1) is 14.1. The van der Waals surface area contributed by atoms with Gasteiger partial charge < -0.3 is 10.1 Å². The minimum absolute atomic E-state index is 0.110. The van der Waals surface area contributed by atoms with Gasteiger partial charge in [-0.2, -0.15) is 18.3 Å². The number of carbonyl (C=O) groups excluding carboxylic acids is 2. The van der Waals surface area contributed by atoms with Crippen LogP contribution >= 0.6 is 15.9 Å². The molecule has 2 aromatic carbocycles. The van der Waals surface area contributed by atoms with Crippen LogP contribution in [-0.4, -0.2) is 33.2 Å². The van der Waals surface area contributed by atoms with Crippen molar-refractivity contribution in [3.63, 3.8) is 0 Å². The molecule has 0 atom stereocenters. The fourth-order valence-electron chi connectivity index (χ4n) is 2.40. The van der Waals surface area contributed by atoms with E-state index in [9.17, 15) is 27.2 Å². The van der Waals surface area contributed by atoms with Crippen molar-refractivity contribution in [1.29, 1.82) is 0 Å². The molecule has 0 radical (unpaired) electrons. The molecule has 1 aromatic heterocycles. The molecular weight excluding hydrogens is 476 g/mol. The number of hydrogen-bond donors (Lipinski definition) is 1. The second kappa shape index (κ2) is 8.61. The molecule has 7 nitrogen and oxygen atoms in total. The molecule has 0 spiro atoms. The number of nitrogens with zero attached hydrogens (tertiary/aromatic N) is 3.